The molecular formula is C23H27N7O3. The third-order valence-electron chi connectivity index (χ3n) is 5.30. The fourth-order valence-electron chi connectivity index (χ4n) is 3.80. The van der Waals surface area contributed by atoms with E-state index in [9.17, 15) is 9.59 Å². The molecule has 10 nitrogen and oxygen atoms in total. The van der Waals surface area contributed by atoms with E-state index in [1.54, 1.807) is 35.4 Å². The molecule has 33 heavy (non-hydrogen) atoms. The van der Waals surface area contributed by atoms with Crippen molar-refractivity contribution < 1.29 is 14.3 Å². The van der Waals surface area contributed by atoms with Gasteiger partial charge in [0.1, 0.15) is 12.7 Å². The minimum atomic E-state index is -0.306. The zero-order chi connectivity index (χ0) is 23.2. The summed E-state index contributed by atoms with van der Waals surface area (Å²) < 4.78 is 7.25. The summed E-state index contributed by atoms with van der Waals surface area (Å²) in [6.07, 6.45) is 4.70. The first-order valence-corrected chi connectivity index (χ1v) is 10.8. The summed E-state index contributed by atoms with van der Waals surface area (Å²) in [5.74, 6) is 0.605. The molecule has 1 aromatic carbocycles. The highest BCUT2D eigenvalue weighted by Gasteiger charge is 2.26. The highest BCUT2D eigenvalue weighted by atomic mass is 16.5. The Morgan fingerprint density at radius 1 is 1.06 bits per heavy atom. The molecule has 2 N–H and O–H groups in total. The predicted octanol–water partition coefficient (Wildman–Crippen LogP) is 1.91. The zero-order valence-corrected chi connectivity index (χ0v) is 18.6. The van der Waals surface area contributed by atoms with Crippen LogP contribution in [0, 0.1) is 0 Å². The van der Waals surface area contributed by atoms with Crippen LogP contribution in [0.15, 0.2) is 55.2 Å². The molecule has 1 aliphatic rings. The van der Waals surface area contributed by atoms with Crippen LogP contribution < -0.4 is 10.6 Å². The molecule has 1 fully saturated rings. The summed E-state index contributed by atoms with van der Waals surface area (Å²) >= 11 is 0. The number of nitrogens with one attached hydrogen (secondary N) is 2. The first kappa shape index (κ1) is 22.4. The number of morpholine rings is 1. The number of rotatable bonds is 6. The Balaban J connectivity index is 1.28. The summed E-state index contributed by atoms with van der Waals surface area (Å²) in [4.78, 5) is 35.1. The van der Waals surface area contributed by atoms with Crippen LogP contribution in [0.25, 0.3) is 5.82 Å². The van der Waals surface area contributed by atoms with Gasteiger partial charge in [-0.2, -0.15) is 5.10 Å². The Labute approximate surface area is 192 Å². The van der Waals surface area contributed by atoms with E-state index < -0.39 is 0 Å². The van der Waals surface area contributed by atoms with Gasteiger partial charge >= 0.3 is 6.03 Å². The molecule has 1 aliphatic heterocycles. The van der Waals surface area contributed by atoms with Gasteiger partial charge in [-0.3, -0.25) is 4.79 Å². The van der Waals surface area contributed by atoms with Crippen molar-refractivity contribution in [1.29, 1.82) is 0 Å². The van der Waals surface area contributed by atoms with E-state index in [1.165, 1.54) is 6.33 Å². The molecule has 2 unspecified atom stereocenters. The minimum absolute atomic E-state index is 0.00564. The molecule has 0 aliphatic carbocycles. The van der Waals surface area contributed by atoms with Gasteiger partial charge in [0.05, 0.1) is 12.2 Å². The van der Waals surface area contributed by atoms with Crippen molar-refractivity contribution in [2.24, 2.45) is 0 Å². The van der Waals surface area contributed by atoms with E-state index in [4.69, 9.17) is 4.74 Å². The molecule has 3 aromatic rings. The lowest BCUT2D eigenvalue weighted by atomic mass is 10.1. The van der Waals surface area contributed by atoms with Gasteiger partial charge in [0, 0.05) is 43.5 Å². The van der Waals surface area contributed by atoms with Crippen LogP contribution >= 0.6 is 0 Å². The average molecular weight is 450 g/mol. The van der Waals surface area contributed by atoms with E-state index in [0.29, 0.717) is 37.6 Å². The second kappa shape index (κ2) is 10.2. The maximum absolute atomic E-state index is 12.8. The molecule has 3 heterocycles. The van der Waals surface area contributed by atoms with Crippen molar-refractivity contribution in [3.8, 4) is 5.82 Å². The topological polar surface area (TPSA) is 114 Å². The number of amides is 3. The van der Waals surface area contributed by atoms with E-state index in [0.717, 1.165) is 11.1 Å². The summed E-state index contributed by atoms with van der Waals surface area (Å²) in [5, 5.41) is 9.75. The molecule has 1 saturated heterocycles. The van der Waals surface area contributed by atoms with Crippen LogP contribution in [-0.2, 0) is 17.8 Å². The van der Waals surface area contributed by atoms with Crippen LogP contribution in [0.3, 0.4) is 0 Å². The maximum Gasteiger partial charge on any atom is 0.315 e. The molecule has 0 radical (unpaired) electrons. The predicted molar refractivity (Wildman–Crippen MR) is 121 cm³/mol. The Morgan fingerprint density at radius 3 is 2.48 bits per heavy atom. The number of carbonyl (C=O) groups excluding carboxylic acids is 2. The number of pyridine rings is 1. The molecular weight excluding hydrogens is 422 g/mol. The molecule has 2 atom stereocenters. The maximum atomic E-state index is 12.8. The average Bonchev–Trinajstić information content (AvgIpc) is 3.36. The second-order valence-electron chi connectivity index (χ2n) is 8.03. The number of ether oxygens (including phenoxy) is 1. The second-order valence-corrected chi connectivity index (χ2v) is 8.03. The fourth-order valence-corrected chi connectivity index (χ4v) is 3.80. The van der Waals surface area contributed by atoms with Gasteiger partial charge < -0.3 is 20.3 Å². The van der Waals surface area contributed by atoms with E-state index in [-0.39, 0.29) is 24.1 Å². The number of benzene rings is 1. The summed E-state index contributed by atoms with van der Waals surface area (Å²) in [5.41, 5.74) is 2.34. The largest absolute Gasteiger partial charge is 0.372 e. The monoisotopic (exact) mass is 449 g/mol. The Hall–Kier alpha value is -3.79. The SMILES string of the molecule is CC1CN(C(=O)c2ccc(CNC(=O)NCc3cccnc3-n3cncn3)cc2)CC(C)O1. The lowest BCUT2D eigenvalue weighted by Crippen LogP contribution is -2.48. The molecule has 0 bridgehead atoms. The van der Waals surface area contributed by atoms with E-state index >= 15 is 0 Å². The van der Waals surface area contributed by atoms with E-state index in [1.807, 2.05) is 36.9 Å². The Kier molecular flexibility index (Phi) is 6.94. The highest BCUT2D eigenvalue weighted by Crippen LogP contribution is 2.15. The Bertz CT molecular complexity index is 1080. The molecule has 10 heteroatoms. The van der Waals surface area contributed by atoms with Crippen LogP contribution in [0.2, 0.25) is 0 Å². The molecule has 172 valence electrons. The fraction of sp³-hybridized carbons (Fsp3) is 0.348. The minimum Gasteiger partial charge on any atom is -0.372 e. The first-order valence-electron chi connectivity index (χ1n) is 10.8. The van der Waals surface area contributed by atoms with Crippen molar-refractivity contribution >= 4 is 11.9 Å². The van der Waals surface area contributed by atoms with Gasteiger partial charge in [0.25, 0.3) is 5.91 Å². The number of nitrogens with zero attached hydrogens (tertiary/aromatic N) is 5. The number of hydrogen-bond acceptors (Lipinski definition) is 6. The quantitative estimate of drug-likeness (QED) is 0.594. The smallest absolute Gasteiger partial charge is 0.315 e. The molecule has 0 spiro atoms. The number of carbonyl (C=O) groups is 2. The number of aromatic nitrogens is 4. The normalized spacial score (nSPS) is 18.1. The van der Waals surface area contributed by atoms with Crippen molar-refractivity contribution in [2.75, 3.05) is 13.1 Å². The van der Waals surface area contributed by atoms with Crippen LogP contribution in [0.4, 0.5) is 4.79 Å². The molecule has 3 amide bonds. The third kappa shape index (κ3) is 5.72. The highest BCUT2D eigenvalue weighted by molar-refractivity contribution is 5.94. The number of hydrogen-bond donors (Lipinski definition) is 2. The van der Waals surface area contributed by atoms with Crippen LogP contribution in [-0.4, -0.2) is 61.9 Å². The van der Waals surface area contributed by atoms with Crippen molar-refractivity contribution in [2.45, 2.75) is 39.1 Å². The lowest BCUT2D eigenvalue weighted by molar-refractivity contribution is -0.0586. The van der Waals surface area contributed by atoms with Crippen molar-refractivity contribution in [1.82, 2.24) is 35.3 Å². The van der Waals surface area contributed by atoms with Crippen molar-refractivity contribution in [3.05, 3.63) is 71.9 Å². The molecule has 2 aromatic heterocycles. The Morgan fingerprint density at radius 2 is 1.79 bits per heavy atom. The van der Waals surface area contributed by atoms with Gasteiger partial charge in [0.15, 0.2) is 5.82 Å². The third-order valence-corrected chi connectivity index (χ3v) is 5.30. The first-order chi connectivity index (χ1) is 16.0. The van der Waals surface area contributed by atoms with Gasteiger partial charge in [-0.15, -0.1) is 0 Å². The van der Waals surface area contributed by atoms with Crippen LogP contribution in [0.1, 0.15) is 35.3 Å². The van der Waals surface area contributed by atoms with Gasteiger partial charge in [-0.1, -0.05) is 18.2 Å². The molecule has 4 rings (SSSR count). The van der Waals surface area contributed by atoms with E-state index in [2.05, 4.69) is 25.7 Å². The lowest BCUT2D eigenvalue weighted by Gasteiger charge is -2.35. The summed E-state index contributed by atoms with van der Waals surface area (Å²) in [6, 6.07) is 10.7. The van der Waals surface area contributed by atoms with Gasteiger partial charge in [0.2, 0.25) is 0 Å². The van der Waals surface area contributed by atoms with Crippen molar-refractivity contribution in [3.63, 3.8) is 0 Å². The molecule has 0 saturated carbocycles. The zero-order valence-electron chi connectivity index (χ0n) is 18.6. The summed E-state index contributed by atoms with van der Waals surface area (Å²) in [7, 11) is 0. The van der Waals surface area contributed by atoms with Gasteiger partial charge in [-0.05, 0) is 37.6 Å². The van der Waals surface area contributed by atoms with Crippen LogP contribution in [0.5, 0.6) is 0 Å². The van der Waals surface area contributed by atoms with Gasteiger partial charge in [-0.25, -0.2) is 19.4 Å². The standard InChI is InChI=1S/C23H27N7O3/c1-16-12-29(13-17(2)33-16)22(31)19-7-5-18(6-8-19)10-26-23(32)27-11-20-4-3-9-25-21(20)30-15-24-14-28-30/h3-9,14-17H,10-13H2,1-2H3,(H2,26,27,32). The number of urea groups is 1. The summed E-state index contributed by atoms with van der Waals surface area (Å²) in [6.45, 7) is 5.75.